The third-order valence-electron chi connectivity index (χ3n) is 2.29. The Labute approximate surface area is 109 Å². The molecule has 0 aliphatic rings. The van der Waals surface area contributed by atoms with Crippen LogP contribution >= 0.6 is 0 Å². The van der Waals surface area contributed by atoms with Gasteiger partial charge in [-0.15, -0.1) is 13.2 Å². The molecule has 1 unspecified atom stereocenters. The lowest BCUT2D eigenvalue weighted by Crippen LogP contribution is -2.32. The van der Waals surface area contributed by atoms with Gasteiger partial charge < -0.3 is 9.47 Å². The van der Waals surface area contributed by atoms with Gasteiger partial charge >= 0.3 is 6.36 Å². The zero-order chi connectivity index (χ0) is 14.5. The summed E-state index contributed by atoms with van der Waals surface area (Å²) in [6, 6.07) is 5.22. The fraction of sp³-hybridized carbons (Fsp3) is 0.500. The van der Waals surface area contributed by atoms with Crippen molar-refractivity contribution in [1.82, 2.24) is 5.43 Å². The second-order valence-electron chi connectivity index (χ2n) is 4.22. The Morgan fingerprint density at radius 1 is 1.32 bits per heavy atom. The van der Waals surface area contributed by atoms with Gasteiger partial charge in [-0.2, -0.15) is 0 Å². The van der Waals surface area contributed by atoms with E-state index >= 15 is 0 Å². The molecule has 0 heterocycles. The highest BCUT2D eigenvalue weighted by atomic mass is 19.4. The van der Waals surface area contributed by atoms with Crippen LogP contribution in [0.1, 0.15) is 25.5 Å². The van der Waals surface area contributed by atoms with Gasteiger partial charge in [-0.1, -0.05) is 12.1 Å². The molecule has 0 amide bonds. The van der Waals surface area contributed by atoms with Crippen molar-refractivity contribution in [1.29, 1.82) is 0 Å². The zero-order valence-electron chi connectivity index (χ0n) is 10.7. The quantitative estimate of drug-likeness (QED) is 0.620. The van der Waals surface area contributed by atoms with Gasteiger partial charge in [-0.3, -0.25) is 11.3 Å². The Morgan fingerprint density at radius 3 is 2.53 bits per heavy atom. The summed E-state index contributed by atoms with van der Waals surface area (Å²) in [6.45, 7) is 3.97. The average Bonchev–Trinajstić information content (AvgIpc) is 2.27. The van der Waals surface area contributed by atoms with Crippen molar-refractivity contribution in [2.75, 3.05) is 6.61 Å². The number of ether oxygens (including phenoxy) is 2. The number of nitrogens with two attached hydrogens (primary N) is 1. The molecule has 0 spiro atoms. The monoisotopic (exact) mass is 278 g/mol. The minimum atomic E-state index is -4.71. The van der Waals surface area contributed by atoms with E-state index in [1.54, 1.807) is 6.07 Å². The van der Waals surface area contributed by atoms with E-state index in [0.29, 0.717) is 5.56 Å². The third-order valence-corrected chi connectivity index (χ3v) is 2.29. The van der Waals surface area contributed by atoms with E-state index in [1.165, 1.54) is 18.2 Å². The van der Waals surface area contributed by atoms with E-state index in [0.717, 1.165) is 0 Å². The van der Waals surface area contributed by atoms with E-state index in [2.05, 4.69) is 10.2 Å². The highest BCUT2D eigenvalue weighted by molar-refractivity contribution is 5.30. The van der Waals surface area contributed by atoms with E-state index in [-0.39, 0.29) is 18.5 Å². The lowest BCUT2D eigenvalue weighted by Gasteiger charge is -2.19. The van der Waals surface area contributed by atoms with Gasteiger partial charge in [0, 0.05) is 0 Å². The van der Waals surface area contributed by atoms with Gasteiger partial charge in [-0.05, 0) is 31.5 Å². The molecule has 1 aromatic carbocycles. The van der Waals surface area contributed by atoms with Gasteiger partial charge in [0.15, 0.2) is 0 Å². The Kier molecular flexibility index (Phi) is 5.59. The van der Waals surface area contributed by atoms with Gasteiger partial charge in [0.2, 0.25) is 0 Å². The predicted octanol–water partition coefficient (Wildman–Crippen LogP) is 2.51. The first-order valence-corrected chi connectivity index (χ1v) is 5.75. The second-order valence-corrected chi connectivity index (χ2v) is 4.22. The minimum absolute atomic E-state index is 0.00505. The molecule has 0 saturated heterocycles. The van der Waals surface area contributed by atoms with Crippen molar-refractivity contribution in [2.45, 2.75) is 32.4 Å². The Bertz CT molecular complexity index is 397. The van der Waals surface area contributed by atoms with Crippen molar-refractivity contribution in [3.63, 3.8) is 0 Å². The van der Waals surface area contributed by atoms with Crippen LogP contribution in [0.15, 0.2) is 24.3 Å². The number of alkyl halides is 3. The normalized spacial score (nSPS) is 13.6. The van der Waals surface area contributed by atoms with Crippen LogP contribution in [-0.4, -0.2) is 19.1 Å². The van der Waals surface area contributed by atoms with E-state index in [9.17, 15) is 13.2 Å². The smallest absolute Gasteiger partial charge is 0.406 e. The Balaban J connectivity index is 2.78. The Hall–Kier alpha value is -1.31. The highest BCUT2D eigenvalue weighted by Gasteiger charge is 2.31. The summed E-state index contributed by atoms with van der Waals surface area (Å²) < 4.78 is 45.6. The molecule has 0 aliphatic heterocycles. The lowest BCUT2D eigenvalue weighted by molar-refractivity contribution is -0.274. The van der Waals surface area contributed by atoms with Gasteiger partial charge in [0.25, 0.3) is 0 Å². The number of halogens is 3. The first kappa shape index (κ1) is 15.7. The first-order valence-electron chi connectivity index (χ1n) is 5.75. The molecule has 108 valence electrons. The van der Waals surface area contributed by atoms with Crippen LogP contribution in [-0.2, 0) is 4.74 Å². The van der Waals surface area contributed by atoms with E-state index in [1.807, 2.05) is 13.8 Å². The lowest BCUT2D eigenvalue weighted by atomic mass is 10.1. The summed E-state index contributed by atoms with van der Waals surface area (Å²) in [7, 11) is 0. The van der Waals surface area contributed by atoms with Gasteiger partial charge in [0.05, 0.1) is 18.8 Å². The fourth-order valence-electron chi connectivity index (χ4n) is 1.46. The molecule has 0 fully saturated rings. The summed E-state index contributed by atoms with van der Waals surface area (Å²) in [6.07, 6.45) is -4.70. The number of hydrogen-bond acceptors (Lipinski definition) is 4. The van der Waals surface area contributed by atoms with Crippen LogP contribution in [0.4, 0.5) is 13.2 Å². The molecule has 3 N–H and O–H groups in total. The van der Waals surface area contributed by atoms with Crippen LogP contribution < -0.4 is 16.0 Å². The maximum atomic E-state index is 12.1. The highest BCUT2D eigenvalue weighted by Crippen LogP contribution is 2.25. The second kappa shape index (κ2) is 6.74. The molecule has 7 heteroatoms. The van der Waals surface area contributed by atoms with Crippen LogP contribution in [0.3, 0.4) is 0 Å². The number of rotatable bonds is 6. The number of hydrogen-bond donors (Lipinski definition) is 2. The van der Waals surface area contributed by atoms with E-state index in [4.69, 9.17) is 10.6 Å². The fourth-order valence-corrected chi connectivity index (χ4v) is 1.46. The molecule has 0 aliphatic carbocycles. The van der Waals surface area contributed by atoms with Gasteiger partial charge in [-0.25, -0.2) is 0 Å². The molecular formula is C12H17F3N2O2. The summed E-state index contributed by atoms with van der Waals surface area (Å²) >= 11 is 0. The minimum Gasteiger partial charge on any atom is -0.406 e. The van der Waals surface area contributed by atoms with Crippen molar-refractivity contribution in [3.8, 4) is 5.75 Å². The molecule has 1 rings (SSSR count). The van der Waals surface area contributed by atoms with Crippen LogP contribution in [0.25, 0.3) is 0 Å². The molecule has 0 saturated carbocycles. The third kappa shape index (κ3) is 5.91. The molecular weight excluding hydrogens is 261 g/mol. The zero-order valence-corrected chi connectivity index (χ0v) is 10.7. The maximum Gasteiger partial charge on any atom is 0.573 e. The summed E-state index contributed by atoms with van der Waals surface area (Å²) in [5.74, 6) is 5.09. The van der Waals surface area contributed by atoms with Crippen LogP contribution in [0.5, 0.6) is 5.75 Å². The van der Waals surface area contributed by atoms with Crippen molar-refractivity contribution >= 4 is 0 Å². The number of benzene rings is 1. The topological polar surface area (TPSA) is 56.5 Å². The molecule has 0 bridgehead atoms. The van der Waals surface area contributed by atoms with Crippen LogP contribution in [0.2, 0.25) is 0 Å². The Morgan fingerprint density at radius 2 is 2.00 bits per heavy atom. The molecule has 19 heavy (non-hydrogen) atoms. The standard InChI is InChI=1S/C12H17F3N2O2/c1-8(2)18-7-11(17-16)9-4-3-5-10(6-9)19-12(13,14)15/h3-6,8,11,17H,7,16H2,1-2H3. The molecule has 0 aromatic heterocycles. The number of hydrazine groups is 1. The predicted molar refractivity (Wildman–Crippen MR) is 64.3 cm³/mol. The molecule has 1 aromatic rings. The largest absolute Gasteiger partial charge is 0.573 e. The summed E-state index contributed by atoms with van der Waals surface area (Å²) in [5.41, 5.74) is 3.06. The van der Waals surface area contributed by atoms with E-state index < -0.39 is 12.4 Å². The SMILES string of the molecule is CC(C)OCC(NN)c1cccc(OC(F)(F)F)c1. The molecule has 4 nitrogen and oxygen atoms in total. The van der Waals surface area contributed by atoms with Crippen molar-refractivity contribution in [3.05, 3.63) is 29.8 Å². The summed E-state index contributed by atoms with van der Waals surface area (Å²) in [4.78, 5) is 0. The summed E-state index contributed by atoms with van der Waals surface area (Å²) in [5, 5.41) is 0. The van der Waals surface area contributed by atoms with Crippen molar-refractivity contribution < 1.29 is 22.6 Å². The number of nitrogens with one attached hydrogen (secondary N) is 1. The molecule has 1 atom stereocenters. The van der Waals surface area contributed by atoms with Gasteiger partial charge in [0.1, 0.15) is 5.75 Å². The van der Waals surface area contributed by atoms with Crippen molar-refractivity contribution in [2.24, 2.45) is 5.84 Å². The van der Waals surface area contributed by atoms with Crippen LogP contribution in [0, 0.1) is 0 Å². The first-order chi connectivity index (χ1) is 8.81. The average molecular weight is 278 g/mol. The maximum absolute atomic E-state index is 12.1. The molecule has 0 radical (unpaired) electrons.